The van der Waals surface area contributed by atoms with Gasteiger partial charge in [0, 0.05) is 32.7 Å². The number of likely N-dealkylation sites (tertiary alicyclic amines) is 2. The molecule has 1 aromatic carbocycles. The Bertz CT molecular complexity index is 600. The van der Waals surface area contributed by atoms with E-state index in [1.807, 2.05) is 17.0 Å². The number of methoxy groups -OCH3 is 1. The van der Waals surface area contributed by atoms with Gasteiger partial charge in [-0.1, -0.05) is 12.1 Å². The third-order valence-corrected chi connectivity index (χ3v) is 5.51. The van der Waals surface area contributed by atoms with Crippen LogP contribution in [0, 0.1) is 5.92 Å². The van der Waals surface area contributed by atoms with E-state index < -0.39 is 0 Å². The first-order valence-electron chi connectivity index (χ1n) is 9.02. The highest BCUT2D eigenvalue weighted by atomic mass is 16.5. The van der Waals surface area contributed by atoms with Crippen LogP contribution in [0.5, 0.6) is 5.75 Å². The Labute approximate surface area is 143 Å². The Balaban J connectivity index is 1.40. The molecule has 1 amide bonds. The van der Waals surface area contributed by atoms with E-state index >= 15 is 0 Å². The van der Waals surface area contributed by atoms with Gasteiger partial charge in [-0.3, -0.25) is 9.69 Å². The minimum Gasteiger partial charge on any atom is -0.497 e. The number of benzene rings is 1. The zero-order chi connectivity index (χ0) is 16.5. The second-order valence-electron chi connectivity index (χ2n) is 7.22. The van der Waals surface area contributed by atoms with Crippen molar-refractivity contribution in [2.45, 2.75) is 38.0 Å². The van der Waals surface area contributed by atoms with Crippen molar-refractivity contribution >= 4 is 5.91 Å². The highest BCUT2D eigenvalue weighted by Gasteiger charge is 2.45. The fourth-order valence-electron chi connectivity index (χ4n) is 4.33. The second-order valence-corrected chi connectivity index (χ2v) is 7.22. The molecule has 2 bridgehead atoms. The Kier molecular flexibility index (Phi) is 4.46. The summed E-state index contributed by atoms with van der Waals surface area (Å²) in [5.74, 6) is 1.28. The highest BCUT2D eigenvalue weighted by molar-refractivity contribution is 5.80. The van der Waals surface area contributed by atoms with Gasteiger partial charge in [-0.15, -0.1) is 0 Å². The van der Waals surface area contributed by atoms with Gasteiger partial charge in [-0.25, -0.2) is 0 Å². The maximum atomic E-state index is 12.7. The molecule has 5 heteroatoms. The fourth-order valence-corrected chi connectivity index (χ4v) is 4.33. The molecular formula is C19H26N2O3. The molecule has 0 aliphatic carbocycles. The summed E-state index contributed by atoms with van der Waals surface area (Å²) in [7, 11) is 1.70. The number of carbonyl (C=O) groups excluding carboxylic acids is 1. The summed E-state index contributed by atoms with van der Waals surface area (Å²) in [5, 5.41) is 0. The van der Waals surface area contributed by atoms with Gasteiger partial charge in [-0.2, -0.15) is 0 Å². The van der Waals surface area contributed by atoms with E-state index in [0.717, 1.165) is 57.7 Å². The third kappa shape index (κ3) is 3.15. The summed E-state index contributed by atoms with van der Waals surface area (Å²) in [6, 6.07) is 8.22. The number of nitrogens with zero attached hydrogens (tertiary/aromatic N) is 2. The van der Waals surface area contributed by atoms with Crippen molar-refractivity contribution in [1.82, 2.24) is 9.80 Å². The Morgan fingerprint density at radius 1 is 1.29 bits per heavy atom. The quantitative estimate of drug-likeness (QED) is 0.846. The number of amides is 1. The standard InChI is InChI=1S/C19H26N2O3/c1-23-15-6-4-5-14(9-15)11-20-12-16-10-17(18(13-20)24-16)19(22)21-7-2-3-8-21/h4-6,9,16-18H,2-3,7-8,10-13H2,1H3/t16-,17-,18-/m1/s1. The molecule has 3 aliphatic rings. The molecule has 0 radical (unpaired) electrons. The molecule has 24 heavy (non-hydrogen) atoms. The van der Waals surface area contributed by atoms with Crippen LogP contribution in [0.25, 0.3) is 0 Å². The second kappa shape index (κ2) is 6.73. The lowest BCUT2D eigenvalue weighted by Crippen LogP contribution is -2.45. The van der Waals surface area contributed by atoms with Gasteiger partial charge in [0.25, 0.3) is 0 Å². The topological polar surface area (TPSA) is 42.0 Å². The number of hydrogen-bond acceptors (Lipinski definition) is 4. The van der Waals surface area contributed by atoms with Crippen molar-refractivity contribution in [2.75, 3.05) is 33.3 Å². The van der Waals surface area contributed by atoms with E-state index in [9.17, 15) is 4.79 Å². The van der Waals surface area contributed by atoms with Gasteiger partial charge in [0.05, 0.1) is 25.2 Å². The summed E-state index contributed by atoms with van der Waals surface area (Å²) >= 11 is 0. The molecule has 0 aromatic heterocycles. The normalized spacial score (nSPS) is 29.9. The molecule has 3 atom stereocenters. The van der Waals surface area contributed by atoms with E-state index in [1.165, 1.54) is 5.56 Å². The fraction of sp³-hybridized carbons (Fsp3) is 0.632. The maximum Gasteiger partial charge on any atom is 0.228 e. The Hall–Kier alpha value is -1.59. The zero-order valence-electron chi connectivity index (χ0n) is 14.3. The molecule has 5 nitrogen and oxygen atoms in total. The molecule has 1 aromatic rings. The number of fused-ring (bicyclic) bond motifs is 2. The number of ether oxygens (including phenoxy) is 2. The van der Waals surface area contributed by atoms with Crippen LogP contribution in [0.4, 0.5) is 0 Å². The molecule has 3 fully saturated rings. The predicted molar refractivity (Wildman–Crippen MR) is 90.9 cm³/mol. The summed E-state index contributed by atoms with van der Waals surface area (Å²) < 4.78 is 11.4. The van der Waals surface area contributed by atoms with Gasteiger partial charge in [-0.05, 0) is 37.0 Å². The van der Waals surface area contributed by atoms with Crippen LogP contribution in [0.3, 0.4) is 0 Å². The molecule has 0 unspecified atom stereocenters. The summed E-state index contributed by atoms with van der Waals surface area (Å²) in [4.78, 5) is 17.2. The molecule has 4 rings (SSSR count). The van der Waals surface area contributed by atoms with Crippen LogP contribution >= 0.6 is 0 Å². The van der Waals surface area contributed by atoms with E-state index in [2.05, 4.69) is 17.0 Å². The first-order valence-corrected chi connectivity index (χ1v) is 9.02. The molecule has 0 N–H and O–H groups in total. The number of morpholine rings is 1. The molecule has 3 heterocycles. The lowest BCUT2D eigenvalue weighted by atomic mass is 9.99. The molecule has 3 aliphatic heterocycles. The molecule has 0 saturated carbocycles. The number of hydrogen-bond donors (Lipinski definition) is 0. The van der Waals surface area contributed by atoms with Gasteiger partial charge in [0.2, 0.25) is 5.91 Å². The van der Waals surface area contributed by atoms with Crippen LogP contribution < -0.4 is 4.74 Å². The monoisotopic (exact) mass is 330 g/mol. The van der Waals surface area contributed by atoms with Gasteiger partial charge >= 0.3 is 0 Å². The van der Waals surface area contributed by atoms with E-state index in [4.69, 9.17) is 9.47 Å². The maximum absolute atomic E-state index is 12.7. The van der Waals surface area contributed by atoms with Gasteiger partial charge < -0.3 is 14.4 Å². The van der Waals surface area contributed by atoms with Crippen LogP contribution in [-0.2, 0) is 16.1 Å². The van der Waals surface area contributed by atoms with Gasteiger partial charge in [0.15, 0.2) is 0 Å². The SMILES string of the molecule is COc1cccc(CN2C[C@H]3C[C@@H](C(=O)N4CCCC4)[C@@H](C2)O3)c1. The van der Waals surface area contributed by atoms with E-state index in [-0.39, 0.29) is 18.1 Å². The highest BCUT2D eigenvalue weighted by Crippen LogP contribution is 2.34. The predicted octanol–water partition coefficient (Wildman–Crippen LogP) is 1.91. The van der Waals surface area contributed by atoms with Crippen LogP contribution in [0.2, 0.25) is 0 Å². The molecular weight excluding hydrogens is 304 g/mol. The molecule has 3 saturated heterocycles. The van der Waals surface area contributed by atoms with Crippen molar-refractivity contribution in [3.05, 3.63) is 29.8 Å². The number of rotatable bonds is 4. The van der Waals surface area contributed by atoms with Crippen molar-refractivity contribution < 1.29 is 14.3 Å². The third-order valence-electron chi connectivity index (χ3n) is 5.51. The van der Waals surface area contributed by atoms with Crippen LogP contribution in [0.15, 0.2) is 24.3 Å². The lowest BCUT2D eigenvalue weighted by molar-refractivity contribution is -0.137. The summed E-state index contributed by atoms with van der Waals surface area (Å²) in [6.45, 7) is 4.51. The van der Waals surface area contributed by atoms with Crippen LogP contribution in [-0.4, -0.2) is 61.2 Å². The van der Waals surface area contributed by atoms with Crippen molar-refractivity contribution in [1.29, 1.82) is 0 Å². The minimum absolute atomic E-state index is 0.0578. The van der Waals surface area contributed by atoms with Crippen molar-refractivity contribution in [3.63, 3.8) is 0 Å². The minimum atomic E-state index is 0.0578. The lowest BCUT2D eigenvalue weighted by Gasteiger charge is -2.33. The first kappa shape index (κ1) is 15.9. The van der Waals surface area contributed by atoms with E-state index in [0.29, 0.717) is 5.91 Å². The van der Waals surface area contributed by atoms with Crippen molar-refractivity contribution in [2.24, 2.45) is 5.92 Å². The van der Waals surface area contributed by atoms with Gasteiger partial charge in [0.1, 0.15) is 5.75 Å². The van der Waals surface area contributed by atoms with Crippen LogP contribution in [0.1, 0.15) is 24.8 Å². The summed E-state index contributed by atoms with van der Waals surface area (Å²) in [6.07, 6.45) is 3.44. The Morgan fingerprint density at radius 2 is 2.12 bits per heavy atom. The zero-order valence-corrected chi connectivity index (χ0v) is 14.3. The smallest absolute Gasteiger partial charge is 0.228 e. The number of carbonyl (C=O) groups is 1. The first-order chi connectivity index (χ1) is 11.7. The van der Waals surface area contributed by atoms with E-state index in [1.54, 1.807) is 7.11 Å². The average molecular weight is 330 g/mol. The molecule has 0 spiro atoms. The van der Waals surface area contributed by atoms with Crippen molar-refractivity contribution in [3.8, 4) is 5.75 Å². The summed E-state index contributed by atoms with van der Waals surface area (Å²) in [5.41, 5.74) is 1.25. The molecule has 130 valence electrons. The largest absolute Gasteiger partial charge is 0.497 e. The Morgan fingerprint density at radius 3 is 2.92 bits per heavy atom. The average Bonchev–Trinajstić information content (AvgIpc) is 3.22.